The molecule has 0 saturated carbocycles. The average Bonchev–Trinajstić information content (AvgIpc) is 2.53. The van der Waals surface area contributed by atoms with Gasteiger partial charge in [-0.15, -0.1) is 0 Å². The van der Waals surface area contributed by atoms with Crippen LogP contribution in [-0.2, 0) is 13.0 Å². The first kappa shape index (κ1) is 16.2. The topological polar surface area (TPSA) is 29.5 Å². The minimum absolute atomic E-state index is 0.184. The van der Waals surface area contributed by atoms with Crippen LogP contribution in [0.2, 0.25) is 0 Å². The molecule has 0 aliphatic carbocycles. The second kappa shape index (κ2) is 7.76. The van der Waals surface area contributed by atoms with Crippen LogP contribution in [-0.4, -0.2) is 31.9 Å². The van der Waals surface area contributed by atoms with E-state index in [1.54, 1.807) is 7.11 Å². The number of hydrogen-bond acceptors (Lipinski definition) is 3. The quantitative estimate of drug-likeness (QED) is 0.732. The molecule has 0 N–H and O–H groups in total. The van der Waals surface area contributed by atoms with Gasteiger partial charge in [-0.1, -0.05) is 30.3 Å². The maximum absolute atomic E-state index is 12.6. The van der Waals surface area contributed by atoms with E-state index in [-0.39, 0.29) is 5.78 Å². The number of rotatable bonds is 7. The van der Waals surface area contributed by atoms with Gasteiger partial charge in [0.05, 0.1) is 7.11 Å². The van der Waals surface area contributed by atoms with Gasteiger partial charge in [0.25, 0.3) is 0 Å². The molecule has 3 nitrogen and oxygen atoms in total. The zero-order chi connectivity index (χ0) is 15.9. The summed E-state index contributed by atoms with van der Waals surface area (Å²) in [5.74, 6) is 0.972. The lowest BCUT2D eigenvalue weighted by Gasteiger charge is -2.15. The summed E-state index contributed by atoms with van der Waals surface area (Å²) in [4.78, 5) is 14.6. The number of methoxy groups -OCH3 is 1. The number of carbonyl (C=O) groups is 1. The summed E-state index contributed by atoms with van der Waals surface area (Å²) in [6.07, 6.45) is 1.30. The largest absolute Gasteiger partial charge is 0.497 e. The zero-order valence-corrected chi connectivity index (χ0v) is 13.5. The third-order valence-electron chi connectivity index (χ3n) is 3.58. The van der Waals surface area contributed by atoms with Crippen molar-refractivity contribution in [2.24, 2.45) is 0 Å². The van der Waals surface area contributed by atoms with Crippen molar-refractivity contribution in [3.8, 4) is 5.75 Å². The predicted octanol–water partition coefficient (Wildman–Crippen LogP) is 3.57. The van der Waals surface area contributed by atoms with Gasteiger partial charge in [0.1, 0.15) is 5.75 Å². The van der Waals surface area contributed by atoms with Crippen molar-refractivity contribution in [2.75, 3.05) is 21.2 Å². The molecule has 0 aliphatic rings. The summed E-state index contributed by atoms with van der Waals surface area (Å²) in [6.45, 7) is 0.726. The Bertz CT molecular complexity index is 621. The van der Waals surface area contributed by atoms with Crippen LogP contribution in [0.5, 0.6) is 5.75 Å². The number of ketones is 1. The molecule has 0 spiro atoms. The van der Waals surface area contributed by atoms with Gasteiger partial charge in [-0.3, -0.25) is 4.79 Å². The molecule has 0 amide bonds. The fourth-order valence-corrected chi connectivity index (χ4v) is 2.48. The second-order valence-corrected chi connectivity index (χ2v) is 5.67. The number of aryl methyl sites for hydroxylation is 1. The Morgan fingerprint density at radius 2 is 1.82 bits per heavy atom. The summed E-state index contributed by atoms with van der Waals surface area (Å²) >= 11 is 0. The van der Waals surface area contributed by atoms with Crippen molar-refractivity contribution in [3.05, 3.63) is 65.2 Å². The summed E-state index contributed by atoms with van der Waals surface area (Å²) in [7, 11) is 5.64. The van der Waals surface area contributed by atoms with E-state index in [1.807, 2.05) is 50.5 Å². The molecular weight excluding hydrogens is 274 g/mol. The van der Waals surface area contributed by atoms with Crippen LogP contribution < -0.4 is 4.74 Å². The number of ether oxygens (including phenoxy) is 1. The van der Waals surface area contributed by atoms with Gasteiger partial charge in [-0.2, -0.15) is 0 Å². The monoisotopic (exact) mass is 297 g/mol. The third-order valence-corrected chi connectivity index (χ3v) is 3.58. The summed E-state index contributed by atoms with van der Waals surface area (Å²) in [6, 6.07) is 15.8. The van der Waals surface area contributed by atoms with Crippen LogP contribution >= 0.6 is 0 Å². The minimum Gasteiger partial charge on any atom is -0.497 e. The maximum Gasteiger partial charge on any atom is 0.163 e. The normalized spacial score (nSPS) is 10.7. The maximum atomic E-state index is 12.6. The molecule has 0 aliphatic heterocycles. The Balaban J connectivity index is 2.14. The van der Waals surface area contributed by atoms with E-state index in [1.165, 1.54) is 5.56 Å². The Morgan fingerprint density at radius 3 is 2.45 bits per heavy atom. The smallest absolute Gasteiger partial charge is 0.163 e. The van der Waals surface area contributed by atoms with E-state index in [0.29, 0.717) is 6.42 Å². The molecule has 0 atom stereocenters. The van der Waals surface area contributed by atoms with E-state index >= 15 is 0 Å². The third kappa shape index (κ3) is 4.43. The molecule has 2 rings (SSSR count). The van der Waals surface area contributed by atoms with E-state index < -0.39 is 0 Å². The van der Waals surface area contributed by atoms with E-state index in [0.717, 1.165) is 29.8 Å². The van der Waals surface area contributed by atoms with Crippen LogP contribution in [0, 0.1) is 0 Å². The Hall–Kier alpha value is -2.13. The molecule has 0 bridgehead atoms. The molecule has 3 heteroatoms. The van der Waals surface area contributed by atoms with Crippen molar-refractivity contribution in [1.29, 1.82) is 0 Å². The van der Waals surface area contributed by atoms with Crippen molar-refractivity contribution in [3.63, 3.8) is 0 Å². The molecule has 0 unspecified atom stereocenters. The van der Waals surface area contributed by atoms with Crippen LogP contribution in [0.3, 0.4) is 0 Å². The lowest BCUT2D eigenvalue weighted by molar-refractivity contribution is 0.0981. The van der Waals surface area contributed by atoms with Crippen molar-refractivity contribution < 1.29 is 9.53 Å². The van der Waals surface area contributed by atoms with Crippen LogP contribution in [0.4, 0.5) is 0 Å². The lowest BCUT2D eigenvalue weighted by Crippen LogP contribution is -2.15. The SMILES string of the molecule is COc1ccc(C(=O)CCc2ccccc2)c(CN(C)C)c1. The average molecular weight is 297 g/mol. The number of hydrogen-bond donors (Lipinski definition) is 0. The molecule has 0 heterocycles. The van der Waals surface area contributed by atoms with Crippen LogP contribution in [0.25, 0.3) is 0 Å². The van der Waals surface area contributed by atoms with Gasteiger partial charge >= 0.3 is 0 Å². The number of nitrogens with zero attached hydrogens (tertiary/aromatic N) is 1. The molecule has 0 fully saturated rings. The fraction of sp³-hybridized carbons (Fsp3) is 0.316. The molecule has 2 aromatic rings. The molecular formula is C19H23NO2. The van der Waals surface area contributed by atoms with E-state index in [4.69, 9.17) is 4.74 Å². The van der Waals surface area contributed by atoms with Gasteiger partial charge in [0.15, 0.2) is 5.78 Å². The highest BCUT2D eigenvalue weighted by molar-refractivity contribution is 5.97. The molecule has 116 valence electrons. The fourth-order valence-electron chi connectivity index (χ4n) is 2.48. The first-order valence-electron chi connectivity index (χ1n) is 7.49. The summed E-state index contributed by atoms with van der Waals surface area (Å²) in [5, 5.41) is 0. The highest BCUT2D eigenvalue weighted by Gasteiger charge is 2.13. The first-order chi connectivity index (χ1) is 10.6. The van der Waals surface area contributed by atoms with Crippen LogP contribution in [0.15, 0.2) is 48.5 Å². The highest BCUT2D eigenvalue weighted by atomic mass is 16.5. The molecule has 22 heavy (non-hydrogen) atoms. The van der Waals surface area contributed by atoms with Crippen molar-refractivity contribution >= 4 is 5.78 Å². The van der Waals surface area contributed by atoms with E-state index in [2.05, 4.69) is 17.0 Å². The minimum atomic E-state index is 0.184. The standard InChI is InChI=1S/C19H23NO2/c1-20(2)14-16-13-17(22-3)10-11-18(16)19(21)12-9-15-7-5-4-6-8-15/h4-8,10-11,13H,9,12,14H2,1-3H3. The first-order valence-corrected chi connectivity index (χ1v) is 7.49. The Labute approximate surface area is 132 Å². The lowest BCUT2D eigenvalue weighted by atomic mass is 9.98. The van der Waals surface area contributed by atoms with Crippen molar-refractivity contribution in [2.45, 2.75) is 19.4 Å². The molecule has 0 radical (unpaired) electrons. The van der Waals surface area contributed by atoms with Gasteiger partial charge in [-0.25, -0.2) is 0 Å². The summed E-state index contributed by atoms with van der Waals surface area (Å²) < 4.78 is 5.27. The molecule has 0 aromatic heterocycles. The number of carbonyl (C=O) groups excluding carboxylic acids is 1. The number of benzene rings is 2. The Kier molecular flexibility index (Phi) is 5.73. The van der Waals surface area contributed by atoms with E-state index in [9.17, 15) is 4.79 Å². The molecule has 0 saturated heterocycles. The molecule has 2 aromatic carbocycles. The predicted molar refractivity (Wildman–Crippen MR) is 89.5 cm³/mol. The van der Waals surface area contributed by atoms with Gasteiger partial charge in [0, 0.05) is 18.5 Å². The Morgan fingerprint density at radius 1 is 1.09 bits per heavy atom. The van der Waals surface area contributed by atoms with Crippen molar-refractivity contribution in [1.82, 2.24) is 4.90 Å². The summed E-state index contributed by atoms with van der Waals surface area (Å²) in [5.41, 5.74) is 3.01. The van der Waals surface area contributed by atoms with Crippen LogP contribution in [0.1, 0.15) is 27.9 Å². The zero-order valence-electron chi connectivity index (χ0n) is 13.5. The van der Waals surface area contributed by atoms with Gasteiger partial charge < -0.3 is 9.64 Å². The number of Topliss-reactive ketones (excluding diaryl/α,β-unsaturated/α-hetero) is 1. The van der Waals surface area contributed by atoms with Gasteiger partial charge in [-0.05, 0) is 49.8 Å². The van der Waals surface area contributed by atoms with Gasteiger partial charge in [0.2, 0.25) is 0 Å². The second-order valence-electron chi connectivity index (χ2n) is 5.67. The highest BCUT2D eigenvalue weighted by Crippen LogP contribution is 2.21.